The Morgan fingerprint density at radius 3 is 2.29 bits per heavy atom. The SMILES string of the molecule is CCCCCS(=O)CC(N)C(C)(C)C. The van der Waals surface area contributed by atoms with Crippen LogP contribution in [0.2, 0.25) is 0 Å². The highest BCUT2D eigenvalue weighted by Crippen LogP contribution is 2.18. The molecular formula is C11H25NOS. The van der Waals surface area contributed by atoms with E-state index in [1.807, 2.05) is 0 Å². The zero-order valence-electron chi connectivity index (χ0n) is 10.0. The summed E-state index contributed by atoms with van der Waals surface area (Å²) in [6.07, 6.45) is 3.43. The van der Waals surface area contributed by atoms with E-state index in [2.05, 4.69) is 27.7 Å². The van der Waals surface area contributed by atoms with Crippen molar-refractivity contribution in [3.8, 4) is 0 Å². The van der Waals surface area contributed by atoms with Gasteiger partial charge < -0.3 is 5.73 Å². The molecule has 0 aliphatic heterocycles. The van der Waals surface area contributed by atoms with Crippen molar-refractivity contribution >= 4 is 10.8 Å². The molecule has 0 aromatic heterocycles. The van der Waals surface area contributed by atoms with Gasteiger partial charge in [0.2, 0.25) is 0 Å². The predicted molar refractivity (Wildman–Crippen MR) is 64.8 cm³/mol. The second kappa shape index (κ2) is 6.57. The number of unbranched alkanes of at least 4 members (excludes halogenated alkanes) is 2. The van der Waals surface area contributed by atoms with Crippen LogP contribution >= 0.6 is 0 Å². The Morgan fingerprint density at radius 1 is 1.29 bits per heavy atom. The average molecular weight is 219 g/mol. The Bertz CT molecular complexity index is 175. The molecule has 2 atom stereocenters. The summed E-state index contributed by atoms with van der Waals surface area (Å²) in [6.45, 7) is 8.45. The summed E-state index contributed by atoms with van der Waals surface area (Å²) in [5.74, 6) is 1.46. The van der Waals surface area contributed by atoms with Crippen LogP contribution in [0.15, 0.2) is 0 Å². The first-order chi connectivity index (χ1) is 6.38. The minimum absolute atomic E-state index is 0.0463. The van der Waals surface area contributed by atoms with Crippen molar-refractivity contribution in [2.24, 2.45) is 11.1 Å². The largest absolute Gasteiger partial charge is 0.326 e. The normalized spacial score (nSPS) is 16.6. The topological polar surface area (TPSA) is 43.1 Å². The molecule has 0 radical (unpaired) electrons. The van der Waals surface area contributed by atoms with Crippen molar-refractivity contribution in [1.29, 1.82) is 0 Å². The second-order valence-corrected chi connectivity index (χ2v) is 6.61. The first-order valence-corrected chi connectivity index (χ1v) is 6.97. The summed E-state index contributed by atoms with van der Waals surface area (Å²) < 4.78 is 11.6. The van der Waals surface area contributed by atoms with Crippen molar-refractivity contribution in [3.05, 3.63) is 0 Å². The van der Waals surface area contributed by atoms with Crippen LogP contribution in [-0.2, 0) is 10.8 Å². The maximum absolute atomic E-state index is 11.6. The highest BCUT2D eigenvalue weighted by molar-refractivity contribution is 7.85. The van der Waals surface area contributed by atoms with Crippen molar-refractivity contribution in [2.75, 3.05) is 11.5 Å². The summed E-state index contributed by atoms with van der Waals surface area (Å²) in [5.41, 5.74) is 6.03. The van der Waals surface area contributed by atoms with Crippen LogP contribution in [0.3, 0.4) is 0 Å². The molecule has 0 saturated carbocycles. The van der Waals surface area contributed by atoms with Gasteiger partial charge in [0, 0.05) is 28.3 Å². The van der Waals surface area contributed by atoms with E-state index in [9.17, 15) is 4.21 Å². The van der Waals surface area contributed by atoms with Crippen LogP contribution in [0, 0.1) is 5.41 Å². The third-order valence-electron chi connectivity index (χ3n) is 2.45. The van der Waals surface area contributed by atoms with Crippen molar-refractivity contribution in [1.82, 2.24) is 0 Å². The summed E-state index contributed by atoms with van der Waals surface area (Å²) >= 11 is 0. The lowest BCUT2D eigenvalue weighted by molar-refractivity contribution is 0.342. The number of hydrogen-bond acceptors (Lipinski definition) is 2. The highest BCUT2D eigenvalue weighted by atomic mass is 32.2. The van der Waals surface area contributed by atoms with Gasteiger partial charge in [0.25, 0.3) is 0 Å². The molecule has 0 amide bonds. The van der Waals surface area contributed by atoms with Crippen molar-refractivity contribution in [2.45, 2.75) is 53.0 Å². The smallest absolute Gasteiger partial charge is 0.0391 e. The lowest BCUT2D eigenvalue weighted by Gasteiger charge is -2.26. The summed E-state index contributed by atoms with van der Waals surface area (Å²) in [5, 5.41) is 0. The molecule has 0 aliphatic rings. The number of hydrogen-bond donors (Lipinski definition) is 1. The van der Waals surface area contributed by atoms with Gasteiger partial charge in [0.05, 0.1) is 0 Å². The lowest BCUT2D eigenvalue weighted by Crippen LogP contribution is -2.40. The molecule has 0 spiro atoms. The second-order valence-electron chi connectivity index (χ2n) is 4.99. The van der Waals surface area contributed by atoms with E-state index < -0.39 is 10.8 Å². The Kier molecular flexibility index (Phi) is 6.62. The zero-order chi connectivity index (χ0) is 11.2. The van der Waals surface area contributed by atoms with Crippen LogP contribution in [0.4, 0.5) is 0 Å². The van der Waals surface area contributed by atoms with E-state index in [-0.39, 0.29) is 11.5 Å². The van der Waals surface area contributed by atoms with Gasteiger partial charge in [-0.2, -0.15) is 0 Å². The van der Waals surface area contributed by atoms with E-state index in [1.165, 1.54) is 12.8 Å². The van der Waals surface area contributed by atoms with Gasteiger partial charge >= 0.3 is 0 Å². The Hall–Kier alpha value is 0.110. The molecule has 0 aromatic carbocycles. The van der Waals surface area contributed by atoms with Crippen molar-refractivity contribution < 1.29 is 4.21 Å². The van der Waals surface area contributed by atoms with Gasteiger partial charge in [-0.3, -0.25) is 4.21 Å². The number of nitrogens with two attached hydrogens (primary N) is 1. The quantitative estimate of drug-likeness (QED) is 0.697. The molecule has 0 bridgehead atoms. The molecule has 14 heavy (non-hydrogen) atoms. The van der Waals surface area contributed by atoms with Crippen LogP contribution in [0.25, 0.3) is 0 Å². The van der Waals surface area contributed by atoms with Gasteiger partial charge in [-0.1, -0.05) is 40.5 Å². The molecule has 0 heterocycles. The minimum atomic E-state index is -0.723. The molecule has 2 N–H and O–H groups in total. The molecule has 0 fully saturated rings. The first kappa shape index (κ1) is 14.1. The third kappa shape index (κ3) is 6.55. The van der Waals surface area contributed by atoms with E-state index in [4.69, 9.17) is 5.73 Å². The predicted octanol–water partition coefficient (Wildman–Crippen LogP) is 2.30. The van der Waals surface area contributed by atoms with Gasteiger partial charge in [0.15, 0.2) is 0 Å². The fraction of sp³-hybridized carbons (Fsp3) is 1.00. The Morgan fingerprint density at radius 2 is 1.86 bits per heavy atom. The van der Waals surface area contributed by atoms with Crippen LogP contribution in [-0.4, -0.2) is 21.8 Å². The van der Waals surface area contributed by atoms with Gasteiger partial charge in [-0.25, -0.2) is 0 Å². The minimum Gasteiger partial charge on any atom is -0.326 e. The van der Waals surface area contributed by atoms with Gasteiger partial charge in [-0.15, -0.1) is 0 Å². The van der Waals surface area contributed by atoms with Crippen LogP contribution in [0.5, 0.6) is 0 Å². The maximum atomic E-state index is 11.6. The zero-order valence-corrected chi connectivity index (χ0v) is 10.8. The third-order valence-corrected chi connectivity index (χ3v) is 3.93. The molecule has 0 saturated heterocycles. The highest BCUT2D eigenvalue weighted by Gasteiger charge is 2.22. The van der Waals surface area contributed by atoms with E-state index in [1.54, 1.807) is 0 Å². The molecule has 3 heteroatoms. The molecule has 0 aromatic rings. The number of rotatable bonds is 6. The molecule has 0 aliphatic carbocycles. The molecule has 0 rings (SSSR count). The Balaban J connectivity index is 3.72. The van der Waals surface area contributed by atoms with Crippen molar-refractivity contribution in [3.63, 3.8) is 0 Å². The Labute approximate surface area is 91.1 Å². The van der Waals surface area contributed by atoms with E-state index in [0.29, 0.717) is 5.75 Å². The summed E-state index contributed by atoms with van der Waals surface area (Å²) in [4.78, 5) is 0. The average Bonchev–Trinajstić information content (AvgIpc) is 2.03. The summed E-state index contributed by atoms with van der Waals surface area (Å²) in [7, 11) is -0.723. The first-order valence-electron chi connectivity index (χ1n) is 5.48. The van der Waals surface area contributed by atoms with Crippen LogP contribution < -0.4 is 5.73 Å². The molecular weight excluding hydrogens is 194 g/mol. The summed E-state index contributed by atoms with van der Waals surface area (Å²) in [6, 6.07) is 0.0463. The van der Waals surface area contributed by atoms with E-state index >= 15 is 0 Å². The van der Waals surface area contributed by atoms with Crippen LogP contribution in [0.1, 0.15) is 47.0 Å². The monoisotopic (exact) mass is 219 g/mol. The molecule has 2 unspecified atom stereocenters. The van der Waals surface area contributed by atoms with Gasteiger partial charge in [0.1, 0.15) is 0 Å². The standard InChI is InChI=1S/C11H25NOS/c1-5-6-7-8-14(13)9-10(12)11(2,3)4/h10H,5-9,12H2,1-4H3. The lowest BCUT2D eigenvalue weighted by atomic mass is 9.89. The molecule has 2 nitrogen and oxygen atoms in total. The fourth-order valence-corrected chi connectivity index (χ4v) is 2.64. The fourth-order valence-electron chi connectivity index (χ4n) is 1.05. The van der Waals surface area contributed by atoms with E-state index in [0.717, 1.165) is 12.2 Å². The molecule has 86 valence electrons. The maximum Gasteiger partial charge on any atom is 0.0391 e. The van der Waals surface area contributed by atoms with Gasteiger partial charge in [-0.05, 0) is 11.8 Å².